The number of nitrogens with two attached hydrogens (primary N) is 1. The van der Waals surface area contributed by atoms with Crippen LogP contribution in [0.5, 0.6) is 0 Å². The summed E-state index contributed by atoms with van der Waals surface area (Å²) in [7, 11) is 2.38. The van der Waals surface area contributed by atoms with Crippen molar-refractivity contribution >= 4 is 0 Å². The maximum absolute atomic E-state index is 6.24. The van der Waals surface area contributed by atoms with Gasteiger partial charge in [-0.05, 0) is 32.2 Å². The van der Waals surface area contributed by atoms with Gasteiger partial charge in [0.15, 0.2) is 6.23 Å². The van der Waals surface area contributed by atoms with E-state index in [1.807, 2.05) is 4.90 Å². The highest BCUT2D eigenvalue weighted by Crippen LogP contribution is 2.38. The van der Waals surface area contributed by atoms with Crippen molar-refractivity contribution in [3.8, 4) is 0 Å². The molecule has 8 unspecified atom stereocenters. The summed E-state index contributed by atoms with van der Waals surface area (Å²) in [6, 6.07) is 1.46. The monoisotopic (exact) mass is 464 g/mol. The minimum atomic E-state index is 0.172. The van der Waals surface area contributed by atoms with E-state index >= 15 is 0 Å². The van der Waals surface area contributed by atoms with Crippen molar-refractivity contribution in [2.45, 2.75) is 82.0 Å². The van der Waals surface area contributed by atoms with E-state index in [1.165, 1.54) is 77.5 Å². The zero-order valence-corrected chi connectivity index (χ0v) is 20.7. The summed E-state index contributed by atoms with van der Waals surface area (Å²) in [6.45, 7) is 9.15. The highest BCUT2D eigenvalue weighted by Gasteiger charge is 2.47. The van der Waals surface area contributed by atoms with Gasteiger partial charge in [0.2, 0.25) is 0 Å². The van der Waals surface area contributed by atoms with Crippen molar-refractivity contribution in [1.82, 2.24) is 20.6 Å². The first-order valence-electron chi connectivity index (χ1n) is 14.1. The van der Waals surface area contributed by atoms with Crippen LogP contribution in [0.15, 0.2) is 0 Å². The third kappa shape index (κ3) is 4.87. The first-order valence-corrected chi connectivity index (χ1v) is 14.1. The fourth-order valence-corrected chi connectivity index (χ4v) is 8.31. The van der Waals surface area contributed by atoms with Gasteiger partial charge in [0, 0.05) is 56.8 Å². The van der Waals surface area contributed by atoms with Crippen LogP contribution in [0.25, 0.3) is 0 Å². The first-order chi connectivity index (χ1) is 16.3. The second-order valence-electron chi connectivity index (χ2n) is 11.9. The maximum Gasteiger partial charge on any atom is 0.183 e. The summed E-state index contributed by atoms with van der Waals surface area (Å²) < 4.78 is 5.54. The van der Waals surface area contributed by atoms with Gasteiger partial charge in [-0.2, -0.15) is 5.48 Å². The maximum atomic E-state index is 6.24. The van der Waals surface area contributed by atoms with Crippen LogP contribution in [0.4, 0.5) is 0 Å². The molecule has 1 aliphatic carbocycles. The number of hydroxylamine groups is 1. The molecule has 0 amide bonds. The number of nitrogens with one attached hydrogen (secondary N) is 3. The topological polar surface area (TPSA) is 70.1 Å². The van der Waals surface area contributed by atoms with Gasteiger partial charge in [-0.25, -0.2) is 4.90 Å². The molecule has 0 aromatic rings. The Kier molecular flexibility index (Phi) is 7.24. The Morgan fingerprint density at radius 1 is 1.03 bits per heavy atom. The molecule has 0 bridgehead atoms. The van der Waals surface area contributed by atoms with Crippen molar-refractivity contribution in [1.29, 1.82) is 0 Å². The Morgan fingerprint density at radius 3 is 2.76 bits per heavy atom. The fraction of sp³-hybridized carbons (Fsp3) is 1.00. The van der Waals surface area contributed by atoms with Crippen LogP contribution in [0, 0.1) is 17.8 Å². The van der Waals surface area contributed by atoms with Crippen LogP contribution in [0.3, 0.4) is 0 Å². The summed E-state index contributed by atoms with van der Waals surface area (Å²) in [4.78, 5) is 13.3. The number of hydrogen-bond acceptors (Lipinski definition) is 6. The van der Waals surface area contributed by atoms with E-state index in [2.05, 4.69) is 33.0 Å². The lowest BCUT2D eigenvalue weighted by atomic mass is 9.79. The Balaban J connectivity index is 0.999. The minimum absolute atomic E-state index is 0.172. The molecule has 188 valence electrons. The molecule has 5 saturated heterocycles. The summed E-state index contributed by atoms with van der Waals surface area (Å²) in [5, 5.41) is 6.47. The lowest BCUT2D eigenvalue weighted by Gasteiger charge is -2.37. The SMILES string of the molecule is CN1CC(C[NH+]2CCC[C@H]2C2NC(C3CCC(N4CCOCC4)[NH2+]C3)NO2)C2CCCCC21. The van der Waals surface area contributed by atoms with Gasteiger partial charge in [-0.1, -0.05) is 12.8 Å². The zero-order valence-electron chi connectivity index (χ0n) is 20.7. The van der Waals surface area contributed by atoms with E-state index in [0.717, 1.165) is 44.2 Å². The predicted octanol–water partition coefficient (Wildman–Crippen LogP) is -1.44. The van der Waals surface area contributed by atoms with E-state index in [1.54, 1.807) is 0 Å². The van der Waals surface area contributed by atoms with E-state index in [9.17, 15) is 0 Å². The number of hydrogen-bond donors (Lipinski definition) is 4. The smallest absolute Gasteiger partial charge is 0.183 e. The Labute approximate surface area is 200 Å². The van der Waals surface area contributed by atoms with Gasteiger partial charge in [-0.3, -0.25) is 10.2 Å². The molecule has 0 aromatic carbocycles. The standard InChI is InChI=1S/C25H46N6O2/c1-29-16-19(20-5-2-3-6-21(20)29)17-31-10-4-7-22(31)25-27-24(28-33-25)18-8-9-23(26-15-18)30-11-13-32-14-12-30/h18-28H,2-17H2,1H3/p+2/t18?,19?,20?,21?,22-,23?,24?,25?/m0/s1. The number of morpholine rings is 1. The summed E-state index contributed by atoms with van der Waals surface area (Å²) in [5.74, 6) is 2.47. The molecule has 5 N–H and O–H groups in total. The van der Waals surface area contributed by atoms with Crippen LogP contribution in [0.1, 0.15) is 51.4 Å². The third-order valence-corrected chi connectivity index (χ3v) is 10.1. The van der Waals surface area contributed by atoms with Crippen molar-refractivity contribution in [2.75, 3.05) is 59.5 Å². The number of ether oxygens (including phenoxy) is 1. The van der Waals surface area contributed by atoms with Crippen LogP contribution >= 0.6 is 0 Å². The lowest BCUT2D eigenvalue weighted by Crippen LogP contribution is -3.16. The van der Waals surface area contributed by atoms with Crippen molar-refractivity contribution in [3.63, 3.8) is 0 Å². The number of likely N-dealkylation sites (tertiary alicyclic amines) is 2. The van der Waals surface area contributed by atoms with Gasteiger partial charge in [0.25, 0.3) is 0 Å². The van der Waals surface area contributed by atoms with Gasteiger partial charge in [0.05, 0.1) is 39.0 Å². The number of piperidine rings is 1. The highest BCUT2D eigenvalue weighted by atomic mass is 16.7. The normalized spacial score (nSPS) is 47.7. The summed E-state index contributed by atoms with van der Waals surface area (Å²) >= 11 is 0. The molecule has 0 spiro atoms. The summed E-state index contributed by atoms with van der Waals surface area (Å²) in [6.07, 6.45) is 12.1. The average Bonchev–Trinajstić information content (AvgIpc) is 3.60. The van der Waals surface area contributed by atoms with Crippen molar-refractivity contribution in [2.24, 2.45) is 17.8 Å². The Hall–Kier alpha value is -0.320. The van der Waals surface area contributed by atoms with Gasteiger partial charge in [0.1, 0.15) is 12.2 Å². The van der Waals surface area contributed by atoms with Gasteiger partial charge < -0.3 is 19.9 Å². The second kappa shape index (κ2) is 10.3. The van der Waals surface area contributed by atoms with Crippen LogP contribution < -0.4 is 21.0 Å². The molecule has 33 heavy (non-hydrogen) atoms. The Bertz CT molecular complexity index is 640. The van der Waals surface area contributed by atoms with E-state index in [0.29, 0.717) is 24.3 Å². The molecule has 8 heteroatoms. The molecular formula is C25H48N6O2+2. The van der Waals surface area contributed by atoms with Crippen molar-refractivity contribution < 1.29 is 19.8 Å². The number of nitrogens with zero attached hydrogens (tertiary/aromatic N) is 2. The molecule has 6 fully saturated rings. The van der Waals surface area contributed by atoms with Gasteiger partial charge in [-0.15, -0.1) is 0 Å². The molecular weight excluding hydrogens is 416 g/mol. The molecule has 0 aromatic heterocycles. The largest absolute Gasteiger partial charge is 0.379 e. The molecule has 9 atom stereocenters. The molecule has 6 rings (SSSR count). The predicted molar refractivity (Wildman–Crippen MR) is 126 cm³/mol. The first kappa shape index (κ1) is 23.1. The minimum Gasteiger partial charge on any atom is -0.379 e. The fourth-order valence-electron chi connectivity index (χ4n) is 8.31. The molecule has 5 heterocycles. The van der Waals surface area contributed by atoms with Crippen LogP contribution in [-0.4, -0.2) is 100.0 Å². The lowest BCUT2D eigenvalue weighted by molar-refractivity contribution is -0.919. The van der Waals surface area contributed by atoms with E-state index < -0.39 is 0 Å². The third-order valence-electron chi connectivity index (χ3n) is 10.1. The average molecular weight is 465 g/mol. The van der Waals surface area contributed by atoms with Crippen molar-refractivity contribution in [3.05, 3.63) is 0 Å². The van der Waals surface area contributed by atoms with Gasteiger partial charge >= 0.3 is 0 Å². The second-order valence-corrected chi connectivity index (χ2v) is 11.9. The highest BCUT2D eigenvalue weighted by molar-refractivity contribution is 4.94. The number of fused-ring (bicyclic) bond motifs is 1. The number of quaternary nitrogens is 2. The van der Waals surface area contributed by atoms with Crippen LogP contribution in [0.2, 0.25) is 0 Å². The summed E-state index contributed by atoms with van der Waals surface area (Å²) in [5.41, 5.74) is 3.43. The molecule has 5 aliphatic heterocycles. The van der Waals surface area contributed by atoms with E-state index in [4.69, 9.17) is 9.57 Å². The number of rotatable bonds is 5. The van der Waals surface area contributed by atoms with E-state index in [-0.39, 0.29) is 6.23 Å². The molecule has 1 saturated carbocycles. The zero-order chi connectivity index (χ0) is 22.2. The molecule has 8 nitrogen and oxygen atoms in total. The molecule has 6 aliphatic rings. The quantitative estimate of drug-likeness (QED) is 0.400. The van der Waals surface area contributed by atoms with Crippen LogP contribution in [-0.2, 0) is 9.57 Å². The molecule has 0 radical (unpaired) electrons. The Morgan fingerprint density at radius 2 is 1.91 bits per heavy atom.